The fourth-order valence-corrected chi connectivity index (χ4v) is 7.62. The Hall–Kier alpha value is -1.48. The SMILES string of the molecule is C[C@@]1(O)C2CC[C@@H]1C[C@@H](S(=O)(=O)c1cc(C(=O)Nc3ccc(F)c(Br)c3)ccc1Cl)C2. The first-order chi connectivity index (χ1) is 14.5. The average Bonchev–Trinajstić information content (AvgIpc) is 2.87. The van der Waals surface area contributed by atoms with E-state index >= 15 is 0 Å². The van der Waals surface area contributed by atoms with Crippen LogP contribution in [0, 0.1) is 17.7 Å². The van der Waals surface area contributed by atoms with E-state index in [1.54, 1.807) is 6.92 Å². The van der Waals surface area contributed by atoms with Gasteiger partial charge >= 0.3 is 0 Å². The number of sulfone groups is 1. The molecule has 2 aromatic carbocycles. The third-order valence-corrected chi connectivity index (χ3v) is 9.99. The highest BCUT2D eigenvalue weighted by Gasteiger charge is 2.53. The number of rotatable bonds is 4. The van der Waals surface area contributed by atoms with Crippen molar-refractivity contribution in [1.29, 1.82) is 0 Å². The summed E-state index contributed by atoms with van der Waals surface area (Å²) in [5.41, 5.74) is -0.334. The standard InChI is InChI=1S/C22H22BrClFNO4S/c1-22(28)13-3-4-14(22)10-16(9-13)31(29,30)20-8-12(2-6-18(20)24)21(27)26-15-5-7-19(25)17(23)11-15/h2,5-8,11,13-14,16,28H,3-4,9-10H2,1H3,(H,26,27)/t13-,14?,16-,22+/m1/s1. The quantitative estimate of drug-likeness (QED) is 0.569. The molecule has 0 radical (unpaired) electrons. The highest BCUT2D eigenvalue weighted by Crippen LogP contribution is 2.51. The molecule has 2 N–H and O–H groups in total. The van der Waals surface area contributed by atoms with Crippen molar-refractivity contribution in [2.75, 3.05) is 5.32 Å². The van der Waals surface area contributed by atoms with E-state index in [0.29, 0.717) is 18.5 Å². The van der Waals surface area contributed by atoms with Gasteiger partial charge in [-0.15, -0.1) is 0 Å². The van der Waals surface area contributed by atoms with Crippen LogP contribution < -0.4 is 5.32 Å². The van der Waals surface area contributed by atoms with Gasteiger partial charge < -0.3 is 10.4 Å². The Morgan fingerprint density at radius 2 is 1.84 bits per heavy atom. The van der Waals surface area contributed by atoms with Crippen LogP contribution in [0.4, 0.5) is 10.1 Å². The third-order valence-electron chi connectivity index (χ3n) is 6.73. The smallest absolute Gasteiger partial charge is 0.255 e. The monoisotopic (exact) mass is 529 g/mol. The van der Waals surface area contributed by atoms with Gasteiger partial charge in [0.05, 0.1) is 25.2 Å². The number of amides is 1. The molecule has 0 aromatic heterocycles. The van der Waals surface area contributed by atoms with E-state index in [1.807, 2.05) is 0 Å². The normalized spacial score (nSPS) is 27.8. The highest BCUT2D eigenvalue weighted by atomic mass is 79.9. The lowest BCUT2D eigenvalue weighted by Crippen LogP contribution is -2.45. The summed E-state index contributed by atoms with van der Waals surface area (Å²) in [6.45, 7) is 1.80. The molecule has 1 amide bonds. The van der Waals surface area contributed by atoms with E-state index in [1.165, 1.54) is 36.4 Å². The zero-order valence-electron chi connectivity index (χ0n) is 16.7. The summed E-state index contributed by atoms with van der Waals surface area (Å²) in [5, 5.41) is 12.7. The summed E-state index contributed by atoms with van der Waals surface area (Å²) in [6, 6.07) is 8.19. The Balaban J connectivity index is 1.60. The molecule has 31 heavy (non-hydrogen) atoms. The number of carbonyl (C=O) groups excluding carboxylic acids is 1. The number of anilines is 1. The molecule has 2 bridgehead atoms. The van der Waals surface area contributed by atoms with E-state index in [4.69, 9.17) is 11.6 Å². The zero-order valence-corrected chi connectivity index (χ0v) is 19.9. The molecule has 2 fully saturated rings. The molecule has 2 aromatic rings. The molecule has 4 rings (SSSR count). The van der Waals surface area contributed by atoms with Crippen molar-refractivity contribution in [1.82, 2.24) is 0 Å². The number of hydrogen-bond donors (Lipinski definition) is 2. The number of halogens is 3. The van der Waals surface area contributed by atoms with E-state index in [0.717, 1.165) is 12.8 Å². The fraction of sp³-hybridized carbons (Fsp3) is 0.409. The Labute approximate surface area is 194 Å². The first-order valence-corrected chi connectivity index (χ1v) is 12.7. The van der Waals surface area contributed by atoms with Crippen LogP contribution in [0.3, 0.4) is 0 Å². The van der Waals surface area contributed by atoms with Crippen LogP contribution >= 0.6 is 27.5 Å². The lowest BCUT2D eigenvalue weighted by molar-refractivity contribution is -0.0413. The number of benzene rings is 2. The van der Waals surface area contributed by atoms with Gasteiger partial charge in [-0.3, -0.25) is 4.79 Å². The van der Waals surface area contributed by atoms with Crippen molar-refractivity contribution in [3.63, 3.8) is 0 Å². The van der Waals surface area contributed by atoms with Crippen molar-refractivity contribution in [3.05, 3.63) is 57.3 Å². The second kappa shape index (κ2) is 8.14. The third kappa shape index (κ3) is 4.15. The summed E-state index contributed by atoms with van der Waals surface area (Å²) < 4.78 is 40.4. The van der Waals surface area contributed by atoms with Crippen molar-refractivity contribution in [2.24, 2.45) is 11.8 Å². The minimum absolute atomic E-state index is 0.0609. The van der Waals surface area contributed by atoms with Crippen LogP contribution in [0.5, 0.6) is 0 Å². The molecule has 2 aliphatic carbocycles. The largest absolute Gasteiger partial charge is 0.390 e. The summed E-state index contributed by atoms with van der Waals surface area (Å²) in [4.78, 5) is 12.6. The molecule has 0 heterocycles. The number of aliphatic hydroxyl groups is 1. The topological polar surface area (TPSA) is 83.5 Å². The van der Waals surface area contributed by atoms with E-state index < -0.39 is 32.4 Å². The Kier molecular flexibility index (Phi) is 5.96. The van der Waals surface area contributed by atoms with E-state index in [2.05, 4.69) is 21.2 Å². The van der Waals surface area contributed by atoms with Gasteiger partial charge in [0.25, 0.3) is 5.91 Å². The summed E-state index contributed by atoms with van der Waals surface area (Å²) in [5.74, 6) is -1.11. The van der Waals surface area contributed by atoms with Crippen LogP contribution in [0.2, 0.25) is 5.02 Å². The molecule has 9 heteroatoms. The second-order valence-electron chi connectivity index (χ2n) is 8.56. The minimum Gasteiger partial charge on any atom is -0.390 e. The van der Waals surface area contributed by atoms with Crippen LogP contribution in [-0.2, 0) is 9.84 Å². The van der Waals surface area contributed by atoms with Gasteiger partial charge in [-0.1, -0.05) is 11.6 Å². The van der Waals surface area contributed by atoms with Crippen LogP contribution in [0.25, 0.3) is 0 Å². The van der Waals surface area contributed by atoms with Gasteiger partial charge in [-0.2, -0.15) is 0 Å². The number of nitrogens with one attached hydrogen (secondary N) is 1. The lowest BCUT2D eigenvalue weighted by Gasteiger charge is -2.40. The first-order valence-electron chi connectivity index (χ1n) is 10.0. The minimum atomic E-state index is -3.79. The highest BCUT2D eigenvalue weighted by molar-refractivity contribution is 9.10. The van der Waals surface area contributed by atoms with Crippen molar-refractivity contribution in [3.8, 4) is 0 Å². The van der Waals surface area contributed by atoms with Gasteiger partial charge in [0, 0.05) is 11.3 Å². The van der Waals surface area contributed by atoms with Crippen molar-refractivity contribution in [2.45, 2.75) is 48.4 Å². The zero-order chi connectivity index (χ0) is 22.6. The predicted molar refractivity (Wildman–Crippen MR) is 121 cm³/mol. The fourth-order valence-electron chi connectivity index (χ4n) is 4.84. The lowest BCUT2D eigenvalue weighted by atomic mass is 9.76. The van der Waals surface area contributed by atoms with Crippen LogP contribution in [-0.4, -0.2) is 30.3 Å². The molecular weight excluding hydrogens is 509 g/mol. The Morgan fingerprint density at radius 3 is 2.45 bits per heavy atom. The summed E-state index contributed by atoms with van der Waals surface area (Å²) in [7, 11) is -3.79. The maximum Gasteiger partial charge on any atom is 0.255 e. The van der Waals surface area contributed by atoms with Gasteiger partial charge in [0.1, 0.15) is 5.82 Å². The molecule has 0 saturated heterocycles. The van der Waals surface area contributed by atoms with E-state index in [9.17, 15) is 22.7 Å². The van der Waals surface area contributed by atoms with Crippen molar-refractivity contribution < 1.29 is 22.7 Å². The molecule has 2 aliphatic rings. The van der Waals surface area contributed by atoms with Gasteiger partial charge in [0.15, 0.2) is 9.84 Å². The summed E-state index contributed by atoms with van der Waals surface area (Å²) >= 11 is 9.30. The molecule has 2 saturated carbocycles. The number of carbonyl (C=O) groups is 1. The Morgan fingerprint density at radius 1 is 1.19 bits per heavy atom. The number of fused-ring (bicyclic) bond motifs is 2. The molecule has 0 aliphatic heterocycles. The average molecular weight is 531 g/mol. The maximum absolute atomic E-state index is 13.4. The van der Waals surface area contributed by atoms with Gasteiger partial charge in [-0.25, -0.2) is 12.8 Å². The second-order valence-corrected chi connectivity index (χ2v) is 12.0. The Bertz CT molecular complexity index is 1140. The number of hydrogen-bond acceptors (Lipinski definition) is 4. The van der Waals surface area contributed by atoms with Gasteiger partial charge in [-0.05, 0) is 96.8 Å². The predicted octanol–water partition coefficient (Wildman–Crippen LogP) is 5.21. The molecule has 0 spiro atoms. The maximum atomic E-state index is 13.4. The molecule has 166 valence electrons. The summed E-state index contributed by atoms with van der Waals surface area (Å²) in [6.07, 6.45) is 2.38. The molecular formula is C22H22BrClFNO4S. The van der Waals surface area contributed by atoms with Gasteiger partial charge in [0.2, 0.25) is 0 Å². The van der Waals surface area contributed by atoms with Crippen LogP contribution in [0.15, 0.2) is 45.8 Å². The molecule has 1 unspecified atom stereocenters. The molecule has 5 nitrogen and oxygen atoms in total. The first kappa shape index (κ1) is 22.7. The van der Waals surface area contributed by atoms with Crippen molar-refractivity contribution >= 4 is 49.0 Å². The molecule has 4 atom stereocenters. The van der Waals surface area contributed by atoms with E-state index in [-0.39, 0.29) is 31.8 Å². The van der Waals surface area contributed by atoms with Crippen LogP contribution in [0.1, 0.15) is 43.0 Å².